The number of rotatable bonds is 9. The van der Waals surface area contributed by atoms with Gasteiger partial charge in [0.1, 0.15) is 30.6 Å². The van der Waals surface area contributed by atoms with Crippen LogP contribution in [0.1, 0.15) is 16.7 Å². The van der Waals surface area contributed by atoms with Gasteiger partial charge in [-0.15, -0.1) is 0 Å². The molecule has 5 heteroatoms. The van der Waals surface area contributed by atoms with Crippen molar-refractivity contribution in [2.24, 2.45) is 0 Å². The van der Waals surface area contributed by atoms with Crippen molar-refractivity contribution in [2.45, 2.75) is 50.5 Å². The van der Waals surface area contributed by atoms with Crippen molar-refractivity contribution in [3.8, 4) is 0 Å². The zero-order valence-corrected chi connectivity index (χ0v) is 18.0. The molecule has 0 spiro atoms. The molecule has 2 bridgehead atoms. The van der Waals surface area contributed by atoms with Crippen LogP contribution in [0.5, 0.6) is 0 Å². The molecule has 5 nitrogen and oxygen atoms in total. The van der Waals surface area contributed by atoms with Gasteiger partial charge in [0.05, 0.1) is 19.8 Å². The Morgan fingerprint density at radius 3 is 1.53 bits per heavy atom. The van der Waals surface area contributed by atoms with E-state index in [-0.39, 0.29) is 30.6 Å². The molecule has 2 aliphatic heterocycles. The van der Waals surface area contributed by atoms with Gasteiger partial charge in [-0.2, -0.15) is 0 Å². The predicted molar refractivity (Wildman–Crippen MR) is 122 cm³/mol. The Morgan fingerprint density at radius 2 is 1.03 bits per heavy atom. The quantitative estimate of drug-likeness (QED) is 0.554. The van der Waals surface area contributed by atoms with Crippen LogP contribution < -0.4 is 5.32 Å². The highest BCUT2D eigenvalue weighted by Gasteiger charge is 2.51. The average molecular weight is 432 g/mol. The molecule has 2 saturated heterocycles. The molecule has 1 N–H and O–H groups in total. The van der Waals surface area contributed by atoms with Crippen molar-refractivity contribution in [3.63, 3.8) is 0 Å². The van der Waals surface area contributed by atoms with Gasteiger partial charge in [0.15, 0.2) is 0 Å². The summed E-state index contributed by atoms with van der Waals surface area (Å²) in [5.41, 5.74) is 3.38. The lowest BCUT2D eigenvalue weighted by Gasteiger charge is -2.41. The van der Waals surface area contributed by atoms with Gasteiger partial charge in [-0.05, 0) is 16.7 Å². The molecule has 0 aliphatic carbocycles. The molecule has 5 atom stereocenters. The molecule has 2 heterocycles. The van der Waals surface area contributed by atoms with Crippen LogP contribution in [0.25, 0.3) is 0 Å². The first-order valence-corrected chi connectivity index (χ1v) is 11.2. The zero-order valence-electron chi connectivity index (χ0n) is 18.0. The second-order valence-electron chi connectivity index (χ2n) is 8.29. The predicted octanol–water partition coefficient (Wildman–Crippen LogP) is 4.07. The van der Waals surface area contributed by atoms with E-state index in [0.717, 1.165) is 23.2 Å². The number of benzene rings is 3. The molecule has 0 amide bonds. The molecule has 32 heavy (non-hydrogen) atoms. The van der Waals surface area contributed by atoms with Gasteiger partial charge in [-0.25, -0.2) is 0 Å². The highest BCUT2D eigenvalue weighted by Crippen LogP contribution is 2.32. The Hall–Kier alpha value is -2.54. The monoisotopic (exact) mass is 431 g/mol. The minimum absolute atomic E-state index is 0.0685. The van der Waals surface area contributed by atoms with Crippen molar-refractivity contribution in [3.05, 3.63) is 108 Å². The fraction of sp³-hybridized carbons (Fsp3) is 0.333. The Morgan fingerprint density at radius 1 is 0.594 bits per heavy atom. The van der Waals surface area contributed by atoms with Crippen LogP contribution in [-0.2, 0) is 38.8 Å². The minimum Gasteiger partial charge on any atom is -0.368 e. The Kier molecular flexibility index (Phi) is 6.92. The van der Waals surface area contributed by atoms with Gasteiger partial charge in [0.25, 0.3) is 0 Å². The summed E-state index contributed by atoms with van der Waals surface area (Å²) in [6.45, 7) is 2.23. The van der Waals surface area contributed by atoms with Gasteiger partial charge < -0.3 is 18.9 Å². The molecular formula is C27H29NO4. The van der Waals surface area contributed by atoms with Crippen molar-refractivity contribution in [1.82, 2.24) is 5.32 Å². The van der Waals surface area contributed by atoms with Crippen molar-refractivity contribution < 1.29 is 18.9 Å². The Bertz CT molecular complexity index is 896. The van der Waals surface area contributed by atoms with E-state index >= 15 is 0 Å². The van der Waals surface area contributed by atoms with Gasteiger partial charge in [0, 0.05) is 6.54 Å². The number of hydrogen-bond donors (Lipinski definition) is 1. The van der Waals surface area contributed by atoms with E-state index in [2.05, 4.69) is 41.7 Å². The standard InChI is InChI=1S/C27H29NO4/c1-4-10-20(11-5-1)17-29-24-23-16-28-27(32-23)26(31-19-22-14-8-3-9-15-22)25(24)30-18-21-12-6-2-7-13-21/h1-15,23-28H,16-19H2/t23-,24-,25+,26-,27-/m1/s1. The van der Waals surface area contributed by atoms with Crippen LogP contribution in [0.3, 0.4) is 0 Å². The maximum Gasteiger partial charge on any atom is 0.137 e. The molecule has 3 aromatic rings. The van der Waals surface area contributed by atoms with E-state index < -0.39 is 0 Å². The van der Waals surface area contributed by atoms with E-state index in [1.54, 1.807) is 0 Å². The summed E-state index contributed by atoms with van der Waals surface area (Å²) in [6, 6.07) is 30.6. The maximum atomic E-state index is 6.48. The summed E-state index contributed by atoms with van der Waals surface area (Å²) < 4.78 is 25.5. The molecule has 166 valence electrons. The van der Waals surface area contributed by atoms with Gasteiger partial charge in [0.2, 0.25) is 0 Å². The highest BCUT2D eigenvalue weighted by molar-refractivity contribution is 5.16. The molecule has 5 rings (SSSR count). The van der Waals surface area contributed by atoms with Gasteiger partial charge in [-0.3, -0.25) is 5.32 Å². The lowest BCUT2D eigenvalue weighted by Crippen LogP contribution is -2.57. The van der Waals surface area contributed by atoms with E-state index in [9.17, 15) is 0 Å². The molecular weight excluding hydrogens is 402 g/mol. The average Bonchev–Trinajstić information content (AvgIpc) is 3.29. The summed E-state index contributed by atoms with van der Waals surface area (Å²) in [4.78, 5) is 0. The zero-order chi connectivity index (χ0) is 21.6. The van der Waals surface area contributed by atoms with Crippen LogP contribution in [-0.4, -0.2) is 37.2 Å². The second kappa shape index (κ2) is 10.4. The number of fused-ring (bicyclic) bond motifs is 2. The fourth-order valence-electron chi connectivity index (χ4n) is 4.35. The minimum atomic E-state index is -0.279. The van der Waals surface area contributed by atoms with E-state index in [0.29, 0.717) is 19.8 Å². The van der Waals surface area contributed by atoms with Gasteiger partial charge >= 0.3 is 0 Å². The van der Waals surface area contributed by atoms with Crippen LogP contribution in [0, 0.1) is 0 Å². The van der Waals surface area contributed by atoms with Crippen molar-refractivity contribution in [2.75, 3.05) is 6.54 Å². The van der Waals surface area contributed by atoms with Crippen LogP contribution in [0.4, 0.5) is 0 Å². The van der Waals surface area contributed by atoms with E-state index in [1.165, 1.54) is 0 Å². The van der Waals surface area contributed by atoms with Crippen LogP contribution in [0.2, 0.25) is 0 Å². The lowest BCUT2D eigenvalue weighted by molar-refractivity contribution is -0.245. The molecule has 0 saturated carbocycles. The summed E-state index contributed by atoms with van der Waals surface area (Å²) in [7, 11) is 0. The first-order valence-electron chi connectivity index (χ1n) is 11.2. The summed E-state index contributed by atoms with van der Waals surface area (Å²) in [5, 5.41) is 3.45. The third kappa shape index (κ3) is 5.09. The van der Waals surface area contributed by atoms with E-state index in [1.807, 2.05) is 54.6 Å². The SMILES string of the molecule is c1ccc(CO[C@@H]2[C@@H](OCc3ccccc3)[C@@H]3NC[C@@H](O3)[C@H]2OCc2ccccc2)cc1. The molecule has 2 fully saturated rings. The highest BCUT2D eigenvalue weighted by atomic mass is 16.6. The lowest BCUT2D eigenvalue weighted by atomic mass is 9.99. The number of hydrogen-bond acceptors (Lipinski definition) is 5. The topological polar surface area (TPSA) is 49.0 Å². The smallest absolute Gasteiger partial charge is 0.137 e. The summed E-state index contributed by atoms with van der Waals surface area (Å²) >= 11 is 0. The largest absolute Gasteiger partial charge is 0.368 e. The summed E-state index contributed by atoms with van der Waals surface area (Å²) in [6.07, 6.45) is -1.03. The number of ether oxygens (including phenoxy) is 4. The van der Waals surface area contributed by atoms with Crippen molar-refractivity contribution in [1.29, 1.82) is 0 Å². The fourth-order valence-corrected chi connectivity index (χ4v) is 4.35. The Labute approximate surface area is 189 Å². The molecule has 0 radical (unpaired) electrons. The first kappa shape index (κ1) is 21.3. The second-order valence-corrected chi connectivity index (χ2v) is 8.29. The summed E-state index contributed by atoms with van der Waals surface area (Å²) in [5.74, 6) is 0. The maximum absolute atomic E-state index is 6.48. The Balaban J connectivity index is 1.33. The first-order chi connectivity index (χ1) is 15.9. The van der Waals surface area contributed by atoms with Gasteiger partial charge in [-0.1, -0.05) is 91.0 Å². The van der Waals surface area contributed by atoms with Crippen LogP contribution >= 0.6 is 0 Å². The van der Waals surface area contributed by atoms with Crippen molar-refractivity contribution >= 4 is 0 Å². The molecule has 0 unspecified atom stereocenters. The molecule has 3 aromatic carbocycles. The normalized spacial score (nSPS) is 26.8. The van der Waals surface area contributed by atoms with Crippen LogP contribution in [0.15, 0.2) is 91.0 Å². The molecule has 0 aromatic heterocycles. The van der Waals surface area contributed by atoms with E-state index in [4.69, 9.17) is 18.9 Å². The third-order valence-corrected chi connectivity index (χ3v) is 6.01. The third-order valence-electron chi connectivity index (χ3n) is 6.01. The number of nitrogens with one attached hydrogen (secondary N) is 1. The molecule has 2 aliphatic rings.